The highest BCUT2D eigenvalue weighted by Gasteiger charge is 2.35. The first-order chi connectivity index (χ1) is 5.16. The average Bonchev–Trinajstić information content (AvgIpc) is 1.85. The van der Waals surface area contributed by atoms with E-state index in [1.807, 2.05) is 0 Å². The van der Waals surface area contributed by atoms with Crippen LogP contribution in [0.1, 0.15) is 52.4 Å². The van der Waals surface area contributed by atoms with Gasteiger partial charge in [-0.2, -0.15) is 0 Å². The molecule has 11 heavy (non-hydrogen) atoms. The quantitative estimate of drug-likeness (QED) is 0.663. The van der Waals surface area contributed by atoms with Crippen molar-refractivity contribution in [2.45, 2.75) is 58.0 Å². The molecule has 0 spiro atoms. The van der Waals surface area contributed by atoms with Crippen molar-refractivity contribution in [2.24, 2.45) is 5.92 Å². The summed E-state index contributed by atoms with van der Waals surface area (Å²) in [5, 5.41) is 9.81. The second kappa shape index (κ2) is 3.57. The normalized spacial score (nSPS) is 24.3. The van der Waals surface area contributed by atoms with E-state index in [0.29, 0.717) is 5.92 Å². The van der Waals surface area contributed by atoms with Gasteiger partial charge < -0.3 is 5.11 Å². The first-order valence-corrected chi connectivity index (χ1v) is 4.89. The maximum Gasteiger partial charge on any atom is 0.0650 e. The van der Waals surface area contributed by atoms with Gasteiger partial charge in [-0.1, -0.05) is 26.7 Å². The predicted molar refractivity (Wildman–Crippen MR) is 47.5 cm³/mol. The van der Waals surface area contributed by atoms with Gasteiger partial charge in [-0.25, -0.2) is 0 Å². The standard InChI is InChI=1S/C10H20O/c1-3-5-9(2)8-10(11)6-4-7-10/h9,11H,3-8H2,1-2H3. The largest absolute Gasteiger partial charge is 0.390 e. The molecule has 0 heterocycles. The summed E-state index contributed by atoms with van der Waals surface area (Å²) >= 11 is 0. The molecular formula is C10H20O. The first kappa shape index (κ1) is 9.05. The van der Waals surface area contributed by atoms with Crippen molar-refractivity contribution in [2.75, 3.05) is 0 Å². The highest BCUT2D eigenvalue weighted by molar-refractivity contribution is 4.88. The lowest BCUT2D eigenvalue weighted by Crippen LogP contribution is -2.38. The van der Waals surface area contributed by atoms with E-state index in [0.717, 1.165) is 19.3 Å². The van der Waals surface area contributed by atoms with Gasteiger partial charge in [-0.05, 0) is 31.6 Å². The molecule has 1 nitrogen and oxygen atoms in total. The molecule has 0 aromatic heterocycles. The van der Waals surface area contributed by atoms with Crippen LogP contribution in [0.4, 0.5) is 0 Å². The molecule has 1 N–H and O–H groups in total. The van der Waals surface area contributed by atoms with Crippen LogP contribution < -0.4 is 0 Å². The van der Waals surface area contributed by atoms with E-state index in [4.69, 9.17) is 0 Å². The molecule has 0 amide bonds. The number of hydrogen-bond donors (Lipinski definition) is 1. The van der Waals surface area contributed by atoms with Gasteiger partial charge in [-0.3, -0.25) is 0 Å². The van der Waals surface area contributed by atoms with Crippen LogP contribution in [-0.4, -0.2) is 10.7 Å². The lowest BCUT2D eigenvalue weighted by Gasteiger charge is -2.38. The fourth-order valence-electron chi connectivity index (χ4n) is 2.03. The van der Waals surface area contributed by atoms with Crippen LogP contribution >= 0.6 is 0 Å². The summed E-state index contributed by atoms with van der Waals surface area (Å²) in [6.07, 6.45) is 6.86. The second-order valence-electron chi connectivity index (χ2n) is 4.18. The minimum absolute atomic E-state index is 0.255. The predicted octanol–water partition coefficient (Wildman–Crippen LogP) is 2.73. The summed E-state index contributed by atoms with van der Waals surface area (Å²) in [6.45, 7) is 4.46. The fraction of sp³-hybridized carbons (Fsp3) is 1.00. The smallest absolute Gasteiger partial charge is 0.0650 e. The van der Waals surface area contributed by atoms with E-state index < -0.39 is 0 Å². The Morgan fingerprint density at radius 1 is 1.45 bits per heavy atom. The van der Waals surface area contributed by atoms with E-state index in [1.54, 1.807) is 0 Å². The Bertz CT molecular complexity index is 116. The minimum Gasteiger partial charge on any atom is -0.390 e. The highest BCUT2D eigenvalue weighted by Crippen LogP contribution is 2.37. The SMILES string of the molecule is CCCC(C)CC1(O)CCC1. The molecule has 0 radical (unpaired) electrons. The summed E-state index contributed by atoms with van der Waals surface area (Å²) in [7, 11) is 0. The van der Waals surface area contributed by atoms with E-state index >= 15 is 0 Å². The molecule has 1 fully saturated rings. The Morgan fingerprint density at radius 3 is 2.45 bits per heavy atom. The van der Waals surface area contributed by atoms with Crippen LogP contribution in [0, 0.1) is 5.92 Å². The van der Waals surface area contributed by atoms with Crippen molar-refractivity contribution in [3.63, 3.8) is 0 Å². The Balaban J connectivity index is 2.18. The van der Waals surface area contributed by atoms with Gasteiger partial charge in [-0.15, -0.1) is 0 Å². The zero-order chi connectivity index (χ0) is 8.32. The Hall–Kier alpha value is -0.0400. The molecule has 0 saturated heterocycles. The summed E-state index contributed by atoms with van der Waals surface area (Å²) in [5.74, 6) is 0.713. The van der Waals surface area contributed by atoms with Crippen molar-refractivity contribution in [3.05, 3.63) is 0 Å². The molecule has 1 unspecified atom stereocenters. The van der Waals surface area contributed by atoms with Crippen LogP contribution in [0.25, 0.3) is 0 Å². The zero-order valence-corrected chi connectivity index (χ0v) is 7.77. The van der Waals surface area contributed by atoms with Gasteiger partial charge in [0, 0.05) is 0 Å². The third-order valence-electron chi connectivity index (χ3n) is 2.79. The van der Waals surface area contributed by atoms with Crippen molar-refractivity contribution in [3.8, 4) is 0 Å². The van der Waals surface area contributed by atoms with Gasteiger partial charge >= 0.3 is 0 Å². The molecule has 0 bridgehead atoms. The molecule has 1 saturated carbocycles. The van der Waals surface area contributed by atoms with E-state index in [2.05, 4.69) is 13.8 Å². The average molecular weight is 156 g/mol. The monoisotopic (exact) mass is 156 g/mol. The Morgan fingerprint density at radius 2 is 2.09 bits per heavy atom. The molecule has 1 aliphatic rings. The maximum atomic E-state index is 9.81. The Kier molecular flexibility index (Phi) is 2.94. The van der Waals surface area contributed by atoms with E-state index in [-0.39, 0.29) is 5.60 Å². The Labute approximate surface area is 69.8 Å². The lowest BCUT2D eigenvalue weighted by molar-refractivity contribution is -0.0516. The van der Waals surface area contributed by atoms with Crippen molar-refractivity contribution in [1.29, 1.82) is 0 Å². The van der Waals surface area contributed by atoms with Crippen molar-refractivity contribution >= 4 is 0 Å². The number of aliphatic hydroxyl groups is 1. The van der Waals surface area contributed by atoms with Crippen LogP contribution in [-0.2, 0) is 0 Å². The molecule has 66 valence electrons. The molecule has 0 aliphatic heterocycles. The number of rotatable bonds is 4. The van der Waals surface area contributed by atoms with Gasteiger partial charge in [0.15, 0.2) is 0 Å². The number of hydrogen-bond acceptors (Lipinski definition) is 1. The summed E-state index contributed by atoms with van der Waals surface area (Å²) < 4.78 is 0. The highest BCUT2D eigenvalue weighted by atomic mass is 16.3. The summed E-state index contributed by atoms with van der Waals surface area (Å²) in [6, 6.07) is 0. The van der Waals surface area contributed by atoms with Crippen LogP contribution in [0.2, 0.25) is 0 Å². The molecular weight excluding hydrogens is 136 g/mol. The van der Waals surface area contributed by atoms with E-state index in [1.165, 1.54) is 19.3 Å². The second-order valence-corrected chi connectivity index (χ2v) is 4.18. The molecule has 1 rings (SSSR count). The third-order valence-corrected chi connectivity index (χ3v) is 2.79. The summed E-state index contributed by atoms with van der Waals surface area (Å²) in [4.78, 5) is 0. The molecule has 1 aliphatic carbocycles. The van der Waals surface area contributed by atoms with Crippen molar-refractivity contribution < 1.29 is 5.11 Å². The first-order valence-electron chi connectivity index (χ1n) is 4.89. The molecule has 0 aromatic carbocycles. The van der Waals surface area contributed by atoms with Gasteiger partial charge in [0.05, 0.1) is 5.60 Å². The van der Waals surface area contributed by atoms with Crippen molar-refractivity contribution in [1.82, 2.24) is 0 Å². The fourth-order valence-corrected chi connectivity index (χ4v) is 2.03. The molecule has 0 aromatic rings. The van der Waals surface area contributed by atoms with Crippen LogP contribution in [0.15, 0.2) is 0 Å². The molecule has 1 atom stereocenters. The maximum absolute atomic E-state index is 9.81. The van der Waals surface area contributed by atoms with Gasteiger partial charge in [0.2, 0.25) is 0 Å². The minimum atomic E-state index is -0.255. The zero-order valence-electron chi connectivity index (χ0n) is 7.77. The van der Waals surface area contributed by atoms with Gasteiger partial charge in [0.1, 0.15) is 0 Å². The lowest BCUT2D eigenvalue weighted by atomic mass is 9.74. The molecule has 1 heteroatoms. The van der Waals surface area contributed by atoms with Crippen LogP contribution in [0.5, 0.6) is 0 Å². The van der Waals surface area contributed by atoms with E-state index in [9.17, 15) is 5.11 Å². The summed E-state index contributed by atoms with van der Waals surface area (Å²) in [5.41, 5.74) is -0.255. The van der Waals surface area contributed by atoms with Gasteiger partial charge in [0.25, 0.3) is 0 Å². The topological polar surface area (TPSA) is 20.2 Å². The van der Waals surface area contributed by atoms with Crippen LogP contribution in [0.3, 0.4) is 0 Å². The third kappa shape index (κ3) is 2.48.